The lowest BCUT2D eigenvalue weighted by Crippen LogP contribution is -2.24. The van der Waals surface area contributed by atoms with E-state index in [-0.39, 0.29) is 23.2 Å². The molecule has 0 saturated carbocycles. The summed E-state index contributed by atoms with van der Waals surface area (Å²) >= 11 is 0. The Morgan fingerprint density at radius 3 is 2.68 bits per heavy atom. The molecular weight excluding hydrogens is 346 g/mol. The summed E-state index contributed by atoms with van der Waals surface area (Å²) in [5, 5.41) is 0.952. The van der Waals surface area contributed by atoms with Gasteiger partial charge in [0.2, 0.25) is 10.0 Å². The maximum Gasteiger partial charge on any atom is 0.340 e. The normalized spacial score (nSPS) is 11.8. The third-order valence-corrected chi connectivity index (χ3v) is 5.19. The molecule has 0 radical (unpaired) electrons. The highest BCUT2D eigenvalue weighted by Crippen LogP contribution is 2.29. The highest BCUT2D eigenvalue weighted by molar-refractivity contribution is 7.92. The summed E-state index contributed by atoms with van der Waals surface area (Å²) in [6.07, 6.45) is 2.52. The first kappa shape index (κ1) is 17.0. The number of pyridine rings is 1. The number of carbonyl (C=O) groups excluding carboxylic acids is 1. The predicted octanol–water partition coefficient (Wildman–Crippen LogP) is 1.58. The van der Waals surface area contributed by atoms with Gasteiger partial charge in [-0.2, -0.15) is 0 Å². The van der Waals surface area contributed by atoms with Crippen LogP contribution in [0.5, 0.6) is 0 Å². The average Bonchev–Trinajstić information content (AvgIpc) is 2.99. The van der Waals surface area contributed by atoms with Crippen molar-refractivity contribution in [3.05, 3.63) is 40.3 Å². The zero-order chi connectivity index (χ0) is 18.4. The van der Waals surface area contributed by atoms with E-state index in [4.69, 9.17) is 4.74 Å². The second-order valence-corrected chi connectivity index (χ2v) is 7.60. The van der Waals surface area contributed by atoms with Crippen LogP contribution >= 0.6 is 0 Å². The third kappa shape index (κ3) is 2.86. The summed E-state index contributed by atoms with van der Waals surface area (Å²) in [6.45, 7) is 1.89. The number of anilines is 1. The van der Waals surface area contributed by atoms with Crippen molar-refractivity contribution in [2.24, 2.45) is 0 Å². The van der Waals surface area contributed by atoms with Gasteiger partial charge in [0.1, 0.15) is 5.52 Å². The lowest BCUT2D eigenvalue weighted by Gasteiger charge is -2.17. The van der Waals surface area contributed by atoms with Crippen LogP contribution in [0.2, 0.25) is 0 Å². The highest BCUT2D eigenvalue weighted by atomic mass is 32.2. The van der Waals surface area contributed by atoms with Crippen LogP contribution in [0.25, 0.3) is 21.8 Å². The van der Waals surface area contributed by atoms with Gasteiger partial charge in [0.25, 0.3) is 5.56 Å². The van der Waals surface area contributed by atoms with E-state index in [9.17, 15) is 18.0 Å². The first-order valence-corrected chi connectivity index (χ1v) is 9.37. The van der Waals surface area contributed by atoms with E-state index in [0.29, 0.717) is 22.0 Å². The Hall–Kier alpha value is -2.81. The van der Waals surface area contributed by atoms with Crippen molar-refractivity contribution < 1.29 is 17.9 Å². The Balaban J connectivity index is 2.36. The zero-order valence-corrected chi connectivity index (χ0v) is 14.7. The van der Waals surface area contributed by atoms with E-state index in [1.54, 1.807) is 25.1 Å². The summed E-state index contributed by atoms with van der Waals surface area (Å²) in [5.74, 6) is -0.553. The van der Waals surface area contributed by atoms with E-state index < -0.39 is 16.0 Å². The Bertz CT molecular complexity index is 1140. The molecule has 0 saturated heterocycles. The monoisotopic (exact) mass is 363 g/mol. The number of nitrogens with one attached hydrogen (secondary N) is 2. The fourth-order valence-electron chi connectivity index (χ4n) is 2.67. The SMILES string of the molecule is CCOC(=O)c1c[nH]c2c(=O)[nH]c3ccc(N(C)S(C)(=O)=O)cc3c12. The van der Waals surface area contributed by atoms with Crippen molar-refractivity contribution in [1.82, 2.24) is 9.97 Å². The van der Waals surface area contributed by atoms with Gasteiger partial charge in [0.05, 0.1) is 24.1 Å². The van der Waals surface area contributed by atoms with Crippen molar-refractivity contribution >= 4 is 43.5 Å². The molecule has 0 aliphatic heterocycles. The molecule has 25 heavy (non-hydrogen) atoms. The Morgan fingerprint density at radius 1 is 1.32 bits per heavy atom. The van der Waals surface area contributed by atoms with Crippen molar-refractivity contribution in [3.8, 4) is 0 Å². The van der Waals surface area contributed by atoms with Crippen LogP contribution in [0.3, 0.4) is 0 Å². The predicted molar refractivity (Wildman–Crippen MR) is 95.6 cm³/mol. The van der Waals surface area contributed by atoms with Gasteiger partial charge >= 0.3 is 5.97 Å². The number of aromatic nitrogens is 2. The molecule has 8 nitrogen and oxygen atoms in total. The fraction of sp³-hybridized carbons (Fsp3) is 0.250. The summed E-state index contributed by atoms with van der Waals surface area (Å²) in [7, 11) is -2.01. The molecule has 0 amide bonds. The quantitative estimate of drug-likeness (QED) is 0.684. The standard InChI is InChI=1S/C16H17N3O5S/c1-4-24-16(21)11-8-17-14-13(11)10-7-9(19(2)25(3,22)23)5-6-12(10)18-15(14)20/h5-8,17H,4H2,1-3H3,(H,18,20). The fourth-order valence-corrected chi connectivity index (χ4v) is 3.17. The van der Waals surface area contributed by atoms with Gasteiger partial charge < -0.3 is 14.7 Å². The molecule has 9 heteroatoms. The molecule has 0 bridgehead atoms. The van der Waals surface area contributed by atoms with Gasteiger partial charge in [0.15, 0.2) is 0 Å². The number of aromatic amines is 2. The minimum Gasteiger partial charge on any atom is -0.462 e. The molecule has 3 rings (SSSR count). The average molecular weight is 363 g/mol. The molecule has 2 N–H and O–H groups in total. The highest BCUT2D eigenvalue weighted by Gasteiger charge is 2.19. The number of nitrogens with zero attached hydrogens (tertiary/aromatic N) is 1. The number of esters is 1. The van der Waals surface area contributed by atoms with E-state index in [0.717, 1.165) is 10.6 Å². The van der Waals surface area contributed by atoms with Crippen LogP contribution in [0, 0.1) is 0 Å². The molecule has 0 spiro atoms. The molecule has 0 unspecified atom stereocenters. The second-order valence-electron chi connectivity index (χ2n) is 5.59. The van der Waals surface area contributed by atoms with Crippen molar-refractivity contribution in [3.63, 3.8) is 0 Å². The minimum absolute atomic E-state index is 0.203. The van der Waals surface area contributed by atoms with Crippen molar-refractivity contribution in [2.45, 2.75) is 6.92 Å². The number of fused-ring (bicyclic) bond motifs is 3. The van der Waals surface area contributed by atoms with Crippen LogP contribution in [0.1, 0.15) is 17.3 Å². The summed E-state index contributed by atoms with van der Waals surface area (Å²) in [5.41, 5.74) is 0.997. The van der Waals surface area contributed by atoms with Crippen molar-refractivity contribution in [2.75, 3.05) is 24.2 Å². The first-order valence-electron chi connectivity index (χ1n) is 7.52. The molecule has 132 valence electrons. The lowest BCUT2D eigenvalue weighted by molar-refractivity contribution is 0.0529. The number of rotatable bonds is 4. The number of carbonyl (C=O) groups is 1. The Morgan fingerprint density at radius 2 is 2.04 bits per heavy atom. The Labute approximate surface area is 143 Å². The van der Waals surface area contributed by atoms with Crippen molar-refractivity contribution in [1.29, 1.82) is 0 Å². The van der Waals surface area contributed by atoms with Crippen LogP contribution in [0.15, 0.2) is 29.2 Å². The summed E-state index contributed by atoms with van der Waals surface area (Å²) < 4.78 is 29.7. The number of sulfonamides is 1. The van der Waals surface area contributed by atoms with Crippen LogP contribution in [-0.2, 0) is 14.8 Å². The Kier molecular flexibility index (Phi) is 4.03. The van der Waals surface area contributed by atoms with E-state index in [1.807, 2.05) is 0 Å². The largest absolute Gasteiger partial charge is 0.462 e. The summed E-state index contributed by atoms with van der Waals surface area (Å²) in [4.78, 5) is 29.9. The number of hydrogen-bond acceptors (Lipinski definition) is 5. The van der Waals surface area contributed by atoms with Gasteiger partial charge in [-0.15, -0.1) is 0 Å². The lowest BCUT2D eigenvalue weighted by atomic mass is 10.1. The molecule has 0 atom stereocenters. The third-order valence-electron chi connectivity index (χ3n) is 3.98. The molecule has 2 heterocycles. The molecular formula is C16H17N3O5S. The molecule has 1 aromatic carbocycles. The van der Waals surface area contributed by atoms with Gasteiger partial charge in [-0.25, -0.2) is 13.2 Å². The van der Waals surface area contributed by atoms with Crippen LogP contribution < -0.4 is 9.86 Å². The van der Waals surface area contributed by atoms with Gasteiger partial charge in [-0.05, 0) is 25.1 Å². The number of benzene rings is 1. The van der Waals surface area contributed by atoms with Crippen LogP contribution in [-0.4, -0.2) is 44.3 Å². The topological polar surface area (TPSA) is 112 Å². The smallest absolute Gasteiger partial charge is 0.340 e. The second kappa shape index (κ2) is 5.92. The molecule has 0 aliphatic rings. The molecule has 3 aromatic rings. The molecule has 2 aromatic heterocycles. The van der Waals surface area contributed by atoms with Gasteiger partial charge in [-0.3, -0.25) is 9.10 Å². The van der Waals surface area contributed by atoms with E-state index >= 15 is 0 Å². The van der Waals surface area contributed by atoms with Gasteiger partial charge in [0, 0.05) is 29.5 Å². The number of ether oxygens (including phenoxy) is 1. The first-order chi connectivity index (χ1) is 11.7. The van der Waals surface area contributed by atoms with E-state index in [1.165, 1.54) is 13.2 Å². The van der Waals surface area contributed by atoms with E-state index in [2.05, 4.69) is 9.97 Å². The number of H-pyrrole nitrogens is 2. The number of hydrogen-bond donors (Lipinski definition) is 2. The van der Waals surface area contributed by atoms with Gasteiger partial charge in [-0.1, -0.05) is 0 Å². The molecule has 0 fully saturated rings. The minimum atomic E-state index is -3.45. The maximum atomic E-state index is 12.2. The maximum absolute atomic E-state index is 12.2. The zero-order valence-electron chi connectivity index (χ0n) is 13.9. The summed E-state index contributed by atoms with van der Waals surface area (Å²) in [6, 6.07) is 4.81. The molecule has 0 aliphatic carbocycles. The van der Waals surface area contributed by atoms with Crippen LogP contribution in [0.4, 0.5) is 5.69 Å².